The molecule has 2 aromatic rings. The number of aromatic nitrogens is 1. The van der Waals surface area contributed by atoms with Crippen LogP contribution < -0.4 is 11.1 Å². The molecule has 2 heterocycles. The maximum absolute atomic E-state index is 12.9. The van der Waals surface area contributed by atoms with Crippen LogP contribution in [0.4, 0.5) is 0 Å². The summed E-state index contributed by atoms with van der Waals surface area (Å²) in [6.45, 7) is 8.23. The molecule has 8 heteroatoms. The number of para-hydroxylation sites is 2. The number of benzene rings is 1. The van der Waals surface area contributed by atoms with Gasteiger partial charge in [-0.05, 0) is 32.9 Å². The Balaban J connectivity index is 1.63. The van der Waals surface area contributed by atoms with Crippen LogP contribution in [0.5, 0.6) is 0 Å². The molecule has 0 bridgehead atoms. The quantitative estimate of drug-likeness (QED) is 0.837. The average molecular weight is 374 g/mol. The molecule has 0 aliphatic carbocycles. The predicted octanol–water partition coefficient (Wildman–Crippen LogP) is 0.824. The summed E-state index contributed by atoms with van der Waals surface area (Å²) in [7, 11) is 0. The molecule has 0 saturated carbocycles. The van der Waals surface area contributed by atoms with Crippen molar-refractivity contribution in [3.05, 3.63) is 34.8 Å². The van der Waals surface area contributed by atoms with Crippen LogP contribution in [0.1, 0.15) is 26.8 Å². The third-order valence-electron chi connectivity index (χ3n) is 4.76. The van der Waals surface area contributed by atoms with Crippen molar-refractivity contribution >= 4 is 22.9 Å². The number of fused-ring (bicyclic) bond motifs is 1. The van der Waals surface area contributed by atoms with Crippen LogP contribution in [0, 0.1) is 0 Å². The van der Waals surface area contributed by atoms with Crippen molar-refractivity contribution in [1.29, 1.82) is 0 Å². The van der Waals surface area contributed by atoms with Gasteiger partial charge in [0.2, 0.25) is 11.8 Å². The number of hydrogen-bond donors (Lipinski definition) is 1. The number of hydrogen-bond acceptors (Lipinski definition) is 5. The van der Waals surface area contributed by atoms with Gasteiger partial charge < -0.3 is 14.6 Å². The van der Waals surface area contributed by atoms with Gasteiger partial charge in [-0.1, -0.05) is 12.1 Å². The van der Waals surface area contributed by atoms with Crippen molar-refractivity contribution in [3.8, 4) is 0 Å². The van der Waals surface area contributed by atoms with Crippen LogP contribution in [-0.2, 0) is 9.59 Å². The predicted molar refractivity (Wildman–Crippen MR) is 101 cm³/mol. The molecular formula is C19H26N4O4. The van der Waals surface area contributed by atoms with E-state index in [0.29, 0.717) is 43.8 Å². The van der Waals surface area contributed by atoms with Gasteiger partial charge in [0.1, 0.15) is 6.04 Å². The van der Waals surface area contributed by atoms with E-state index in [1.165, 1.54) is 4.57 Å². The molecule has 1 aliphatic rings. The van der Waals surface area contributed by atoms with Crippen LogP contribution in [0.25, 0.3) is 11.1 Å². The first-order valence-corrected chi connectivity index (χ1v) is 9.27. The monoisotopic (exact) mass is 374 g/mol. The van der Waals surface area contributed by atoms with E-state index in [1.807, 2.05) is 24.8 Å². The van der Waals surface area contributed by atoms with E-state index in [0.717, 1.165) is 0 Å². The fourth-order valence-electron chi connectivity index (χ4n) is 3.42. The highest BCUT2D eigenvalue weighted by Crippen LogP contribution is 2.19. The number of nitrogens with one attached hydrogen (secondary N) is 1. The lowest BCUT2D eigenvalue weighted by molar-refractivity contribution is -0.136. The van der Waals surface area contributed by atoms with Crippen LogP contribution in [0.15, 0.2) is 33.5 Å². The Hall–Kier alpha value is -2.61. The Morgan fingerprint density at radius 1 is 1.11 bits per heavy atom. The summed E-state index contributed by atoms with van der Waals surface area (Å²) < 4.78 is 6.64. The van der Waals surface area contributed by atoms with Crippen LogP contribution in [-0.4, -0.2) is 64.9 Å². The highest BCUT2D eigenvalue weighted by Gasteiger charge is 2.28. The van der Waals surface area contributed by atoms with E-state index in [-0.39, 0.29) is 17.9 Å². The molecule has 0 spiro atoms. The van der Waals surface area contributed by atoms with E-state index in [9.17, 15) is 14.4 Å². The molecule has 0 radical (unpaired) electrons. The standard InChI is InChI=1S/C19H26N4O4/c1-13(2)20-17(24)12-21-8-10-22(11-9-21)18(25)14(3)23-15-6-4-5-7-16(15)27-19(23)26/h4-7,13-14H,8-12H2,1-3H3,(H,20,24). The largest absolute Gasteiger partial charge is 0.420 e. The summed E-state index contributed by atoms with van der Waals surface area (Å²) in [4.78, 5) is 40.8. The number of rotatable bonds is 5. The molecule has 1 unspecified atom stereocenters. The lowest BCUT2D eigenvalue weighted by Gasteiger charge is -2.35. The van der Waals surface area contributed by atoms with Gasteiger partial charge in [0.25, 0.3) is 0 Å². The number of oxazole rings is 1. The molecule has 1 N–H and O–H groups in total. The molecule has 1 aliphatic heterocycles. The zero-order valence-electron chi connectivity index (χ0n) is 16.0. The van der Waals surface area contributed by atoms with Gasteiger partial charge in [0, 0.05) is 32.2 Å². The maximum Gasteiger partial charge on any atom is 0.420 e. The third kappa shape index (κ3) is 4.21. The van der Waals surface area contributed by atoms with E-state index in [4.69, 9.17) is 4.42 Å². The van der Waals surface area contributed by atoms with Gasteiger partial charge in [0.05, 0.1) is 12.1 Å². The molecule has 1 fully saturated rings. The van der Waals surface area contributed by atoms with Gasteiger partial charge in [-0.3, -0.25) is 19.1 Å². The normalized spacial score (nSPS) is 16.7. The first-order valence-electron chi connectivity index (χ1n) is 9.27. The minimum atomic E-state index is -0.642. The highest BCUT2D eigenvalue weighted by molar-refractivity contribution is 5.83. The minimum absolute atomic E-state index is 0.00503. The lowest BCUT2D eigenvalue weighted by atomic mass is 10.2. The minimum Gasteiger partial charge on any atom is -0.408 e. The van der Waals surface area contributed by atoms with Gasteiger partial charge in [-0.2, -0.15) is 0 Å². The summed E-state index contributed by atoms with van der Waals surface area (Å²) >= 11 is 0. The Morgan fingerprint density at radius 2 is 1.78 bits per heavy atom. The number of amides is 2. The molecule has 146 valence electrons. The highest BCUT2D eigenvalue weighted by atomic mass is 16.4. The van der Waals surface area contributed by atoms with Crippen LogP contribution in [0.2, 0.25) is 0 Å². The molecular weight excluding hydrogens is 348 g/mol. The Bertz CT molecular complexity index is 877. The van der Waals surface area contributed by atoms with Crippen molar-refractivity contribution in [2.45, 2.75) is 32.9 Å². The van der Waals surface area contributed by atoms with Gasteiger partial charge in [-0.25, -0.2) is 4.79 Å². The Morgan fingerprint density at radius 3 is 2.44 bits per heavy atom. The molecule has 3 rings (SSSR count). The van der Waals surface area contributed by atoms with Crippen molar-refractivity contribution in [2.75, 3.05) is 32.7 Å². The summed E-state index contributed by atoms with van der Waals surface area (Å²) in [5, 5.41) is 2.87. The Kier molecular flexibility index (Phi) is 5.65. The molecule has 2 amide bonds. The number of carbonyl (C=O) groups excluding carboxylic acids is 2. The van der Waals surface area contributed by atoms with Crippen molar-refractivity contribution in [3.63, 3.8) is 0 Å². The first kappa shape index (κ1) is 19.2. The SMILES string of the molecule is CC(C)NC(=O)CN1CCN(C(=O)C(C)n2c(=O)oc3ccccc32)CC1. The molecule has 1 atom stereocenters. The summed E-state index contributed by atoms with van der Waals surface area (Å²) in [6, 6.07) is 6.56. The molecule has 1 aromatic carbocycles. The van der Waals surface area contributed by atoms with E-state index in [1.54, 1.807) is 30.0 Å². The topological polar surface area (TPSA) is 87.8 Å². The van der Waals surface area contributed by atoms with Gasteiger partial charge >= 0.3 is 5.76 Å². The fourth-order valence-corrected chi connectivity index (χ4v) is 3.42. The summed E-state index contributed by atoms with van der Waals surface area (Å²) in [5.74, 6) is -0.648. The Labute approximate surface area is 157 Å². The molecule has 8 nitrogen and oxygen atoms in total. The molecule has 27 heavy (non-hydrogen) atoms. The number of carbonyl (C=O) groups is 2. The molecule has 1 aromatic heterocycles. The van der Waals surface area contributed by atoms with Gasteiger partial charge in [-0.15, -0.1) is 0 Å². The summed E-state index contributed by atoms with van der Waals surface area (Å²) in [6.07, 6.45) is 0. The van der Waals surface area contributed by atoms with Crippen molar-refractivity contribution < 1.29 is 14.0 Å². The second kappa shape index (κ2) is 7.96. The zero-order valence-corrected chi connectivity index (χ0v) is 16.0. The fraction of sp³-hybridized carbons (Fsp3) is 0.526. The average Bonchev–Trinajstić information content (AvgIpc) is 2.96. The number of nitrogens with zero attached hydrogens (tertiary/aromatic N) is 3. The summed E-state index contributed by atoms with van der Waals surface area (Å²) in [5.41, 5.74) is 1.09. The second-order valence-corrected chi connectivity index (χ2v) is 7.21. The van der Waals surface area contributed by atoms with E-state index in [2.05, 4.69) is 5.32 Å². The lowest BCUT2D eigenvalue weighted by Crippen LogP contribution is -2.52. The first-order chi connectivity index (χ1) is 12.9. The van der Waals surface area contributed by atoms with E-state index < -0.39 is 11.8 Å². The van der Waals surface area contributed by atoms with E-state index >= 15 is 0 Å². The van der Waals surface area contributed by atoms with Crippen molar-refractivity contribution in [2.24, 2.45) is 0 Å². The van der Waals surface area contributed by atoms with Gasteiger partial charge in [0.15, 0.2) is 5.58 Å². The molecule has 1 saturated heterocycles. The zero-order chi connectivity index (χ0) is 19.6. The van der Waals surface area contributed by atoms with Crippen LogP contribution in [0.3, 0.4) is 0 Å². The van der Waals surface area contributed by atoms with Crippen LogP contribution >= 0.6 is 0 Å². The maximum atomic E-state index is 12.9. The second-order valence-electron chi connectivity index (χ2n) is 7.21. The smallest absolute Gasteiger partial charge is 0.408 e. The third-order valence-corrected chi connectivity index (χ3v) is 4.76. The van der Waals surface area contributed by atoms with Crippen molar-refractivity contribution in [1.82, 2.24) is 19.7 Å². The number of piperazine rings is 1.